The highest BCUT2D eigenvalue weighted by molar-refractivity contribution is 5.85. The first-order valence-corrected chi connectivity index (χ1v) is 4.93. The van der Waals surface area contributed by atoms with Gasteiger partial charge in [-0.15, -0.1) is 0 Å². The van der Waals surface area contributed by atoms with Gasteiger partial charge in [0.05, 0.1) is 6.10 Å². The third-order valence-corrected chi connectivity index (χ3v) is 1.79. The van der Waals surface area contributed by atoms with E-state index in [4.69, 9.17) is 4.74 Å². The third-order valence-electron chi connectivity index (χ3n) is 1.79. The van der Waals surface area contributed by atoms with E-state index in [0.717, 1.165) is 22.9 Å². The molecule has 1 aromatic heterocycles. The SMILES string of the molecule is CC(C)OC(=O)/C=C\n1cccc1C(F)(F)F. The van der Waals surface area contributed by atoms with Crippen molar-refractivity contribution in [2.75, 3.05) is 0 Å². The summed E-state index contributed by atoms with van der Waals surface area (Å²) in [6.07, 6.45) is -1.57. The minimum atomic E-state index is -4.45. The molecule has 0 saturated carbocycles. The van der Waals surface area contributed by atoms with Crippen LogP contribution in [0.15, 0.2) is 24.4 Å². The van der Waals surface area contributed by atoms with Crippen LogP contribution in [0.2, 0.25) is 0 Å². The number of esters is 1. The quantitative estimate of drug-likeness (QED) is 0.607. The number of aromatic nitrogens is 1. The Balaban J connectivity index is 2.79. The van der Waals surface area contributed by atoms with E-state index >= 15 is 0 Å². The highest BCUT2D eigenvalue weighted by Crippen LogP contribution is 2.29. The molecule has 0 aromatic carbocycles. The van der Waals surface area contributed by atoms with Crippen molar-refractivity contribution in [2.45, 2.75) is 26.1 Å². The Morgan fingerprint density at radius 2 is 2.12 bits per heavy atom. The van der Waals surface area contributed by atoms with Crippen LogP contribution in [0.3, 0.4) is 0 Å². The summed E-state index contributed by atoms with van der Waals surface area (Å²) < 4.78 is 42.9. The number of ether oxygens (including phenoxy) is 1. The molecule has 0 saturated heterocycles. The summed E-state index contributed by atoms with van der Waals surface area (Å²) in [6, 6.07) is 2.18. The van der Waals surface area contributed by atoms with Gasteiger partial charge in [-0.05, 0) is 26.0 Å². The number of hydrogen-bond acceptors (Lipinski definition) is 2. The second-order valence-corrected chi connectivity index (χ2v) is 3.60. The van der Waals surface area contributed by atoms with Crippen LogP contribution in [0.1, 0.15) is 19.5 Å². The lowest BCUT2D eigenvalue weighted by atomic mass is 10.4. The fraction of sp³-hybridized carbons (Fsp3) is 0.364. The molecule has 0 spiro atoms. The van der Waals surface area contributed by atoms with Gasteiger partial charge in [0.15, 0.2) is 0 Å². The predicted octanol–water partition coefficient (Wildman–Crippen LogP) is 2.93. The fourth-order valence-corrected chi connectivity index (χ4v) is 1.18. The normalized spacial score (nSPS) is 12.4. The topological polar surface area (TPSA) is 31.2 Å². The van der Waals surface area contributed by atoms with E-state index in [1.54, 1.807) is 13.8 Å². The van der Waals surface area contributed by atoms with E-state index in [1.807, 2.05) is 0 Å². The molecule has 0 aliphatic rings. The molecule has 1 rings (SSSR count). The molecule has 0 N–H and O–H groups in total. The van der Waals surface area contributed by atoms with Gasteiger partial charge >= 0.3 is 12.1 Å². The Morgan fingerprint density at radius 3 is 2.65 bits per heavy atom. The Hall–Kier alpha value is -1.72. The van der Waals surface area contributed by atoms with Crippen LogP contribution in [-0.2, 0) is 15.7 Å². The van der Waals surface area contributed by atoms with Crippen LogP contribution < -0.4 is 0 Å². The zero-order valence-corrected chi connectivity index (χ0v) is 9.36. The first-order chi connectivity index (χ1) is 7.80. The summed E-state index contributed by atoms with van der Waals surface area (Å²) in [5.74, 6) is -0.679. The van der Waals surface area contributed by atoms with Crippen LogP contribution in [0.25, 0.3) is 6.20 Å². The summed E-state index contributed by atoms with van der Waals surface area (Å²) in [5.41, 5.74) is -0.842. The first kappa shape index (κ1) is 13.3. The summed E-state index contributed by atoms with van der Waals surface area (Å²) in [7, 11) is 0. The van der Waals surface area contributed by atoms with Gasteiger partial charge < -0.3 is 9.30 Å². The standard InChI is InChI=1S/C11H12F3NO2/c1-8(2)17-10(16)5-7-15-6-3-4-9(15)11(12,13)14/h3-8H,1-2H3/b7-5-. The van der Waals surface area contributed by atoms with Gasteiger partial charge in [0.25, 0.3) is 0 Å². The number of carbonyl (C=O) groups is 1. The molecule has 0 fully saturated rings. The minimum absolute atomic E-state index is 0.307. The number of alkyl halides is 3. The molecule has 0 unspecified atom stereocenters. The second-order valence-electron chi connectivity index (χ2n) is 3.60. The van der Waals surface area contributed by atoms with Gasteiger partial charge in [0, 0.05) is 18.5 Å². The summed E-state index contributed by atoms with van der Waals surface area (Å²) in [5, 5.41) is 0. The molecule has 6 heteroatoms. The summed E-state index contributed by atoms with van der Waals surface area (Å²) in [4.78, 5) is 11.1. The van der Waals surface area contributed by atoms with Gasteiger partial charge in [-0.25, -0.2) is 4.79 Å². The van der Waals surface area contributed by atoms with Crippen molar-refractivity contribution < 1.29 is 22.7 Å². The van der Waals surface area contributed by atoms with Crippen molar-refractivity contribution in [1.82, 2.24) is 4.57 Å². The highest BCUT2D eigenvalue weighted by Gasteiger charge is 2.33. The van der Waals surface area contributed by atoms with E-state index in [2.05, 4.69) is 0 Å². The van der Waals surface area contributed by atoms with E-state index in [9.17, 15) is 18.0 Å². The summed E-state index contributed by atoms with van der Waals surface area (Å²) >= 11 is 0. The Labute approximate surface area is 96.5 Å². The molecule has 0 aliphatic carbocycles. The lowest BCUT2D eigenvalue weighted by Crippen LogP contribution is -2.11. The number of carbonyl (C=O) groups excluding carboxylic acids is 1. The van der Waals surface area contributed by atoms with Gasteiger partial charge in [-0.1, -0.05) is 0 Å². The fourth-order valence-electron chi connectivity index (χ4n) is 1.18. The number of halogens is 3. The highest BCUT2D eigenvalue weighted by atomic mass is 19.4. The number of rotatable bonds is 3. The zero-order valence-electron chi connectivity index (χ0n) is 9.36. The molecule has 0 amide bonds. The lowest BCUT2D eigenvalue weighted by molar-refractivity contribution is -0.143. The maximum Gasteiger partial charge on any atom is 0.431 e. The minimum Gasteiger partial charge on any atom is -0.460 e. The van der Waals surface area contributed by atoms with Gasteiger partial charge in [-0.3, -0.25) is 0 Å². The molecule has 1 heterocycles. The van der Waals surface area contributed by atoms with Crippen molar-refractivity contribution in [2.24, 2.45) is 0 Å². The lowest BCUT2D eigenvalue weighted by Gasteiger charge is -2.08. The predicted molar refractivity (Wildman–Crippen MR) is 56.0 cm³/mol. The largest absolute Gasteiger partial charge is 0.460 e. The summed E-state index contributed by atoms with van der Waals surface area (Å²) in [6.45, 7) is 3.31. The molecule has 94 valence electrons. The van der Waals surface area contributed by atoms with E-state index in [1.165, 1.54) is 12.3 Å². The molecular formula is C11H12F3NO2. The Kier molecular flexibility index (Phi) is 3.98. The third kappa shape index (κ3) is 3.97. The van der Waals surface area contributed by atoms with Crippen LogP contribution in [0, 0.1) is 0 Å². The maximum atomic E-state index is 12.4. The van der Waals surface area contributed by atoms with E-state index < -0.39 is 17.8 Å². The zero-order chi connectivity index (χ0) is 13.1. The molecule has 17 heavy (non-hydrogen) atoms. The second kappa shape index (κ2) is 5.07. The van der Waals surface area contributed by atoms with Crippen molar-refractivity contribution in [3.8, 4) is 0 Å². The van der Waals surface area contributed by atoms with Crippen molar-refractivity contribution in [3.05, 3.63) is 30.1 Å². The number of nitrogens with zero attached hydrogens (tertiary/aromatic N) is 1. The Morgan fingerprint density at radius 1 is 1.47 bits per heavy atom. The van der Waals surface area contributed by atoms with E-state index in [-0.39, 0.29) is 6.10 Å². The van der Waals surface area contributed by atoms with Gasteiger partial charge in [0.2, 0.25) is 0 Å². The maximum absolute atomic E-state index is 12.4. The molecule has 0 radical (unpaired) electrons. The average molecular weight is 247 g/mol. The van der Waals surface area contributed by atoms with Gasteiger partial charge in [0.1, 0.15) is 5.69 Å². The number of hydrogen-bond donors (Lipinski definition) is 0. The smallest absolute Gasteiger partial charge is 0.431 e. The molecule has 0 atom stereocenters. The van der Waals surface area contributed by atoms with Crippen molar-refractivity contribution >= 4 is 12.2 Å². The van der Waals surface area contributed by atoms with Crippen LogP contribution in [-0.4, -0.2) is 16.6 Å². The van der Waals surface area contributed by atoms with Crippen molar-refractivity contribution in [3.63, 3.8) is 0 Å². The van der Waals surface area contributed by atoms with Crippen LogP contribution in [0.5, 0.6) is 0 Å². The average Bonchev–Trinajstić information content (AvgIpc) is 2.60. The molecular weight excluding hydrogens is 235 g/mol. The van der Waals surface area contributed by atoms with Crippen molar-refractivity contribution in [1.29, 1.82) is 0 Å². The monoisotopic (exact) mass is 247 g/mol. The molecule has 0 aliphatic heterocycles. The Bertz CT molecular complexity index is 419. The van der Waals surface area contributed by atoms with E-state index in [0.29, 0.717) is 0 Å². The molecule has 3 nitrogen and oxygen atoms in total. The van der Waals surface area contributed by atoms with Crippen LogP contribution in [0.4, 0.5) is 13.2 Å². The van der Waals surface area contributed by atoms with Crippen LogP contribution >= 0.6 is 0 Å². The molecule has 0 bridgehead atoms. The molecule has 1 aromatic rings. The first-order valence-electron chi connectivity index (χ1n) is 4.93. The van der Waals surface area contributed by atoms with Gasteiger partial charge in [-0.2, -0.15) is 13.2 Å².